The third-order valence-corrected chi connectivity index (χ3v) is 7.04. The fourth-order valence-corrected chi connectivity index (χ4v) is 4.96. The standard InChI is InChI=1S/C21H26N2O4S/c1-15-4-6-18(7-5-15)22-21(24)17-10-12-23(13-11-17)28(25,26)19-8-9-20(27-3)16(2)14-19/h4-9,14,17H,10-13H2,1-3H3,(H,22,24). The molecule has 2 aromatic rings. The lowest BCUT2D eigenvalue weighted by Crippen LogP contribution is -2.41. The van der Waals surface area contributed by atoms with E-state index in [1.54, 1.807) is 25.3 Å². The van der Waals surface area contributed by atoms with E-state index in [0.29, 0.717) is 31.7 Å². The summed E-state index contributed by atoms with van der Waals surface area (Å²) in [4.78, 5) is 12.8. The van der Waals surface area contributed by atoms with Gasteiger partial charge >= 0.3 is 0 Å². The van der Waals surface area contributed by atoms with Crippen molar-refractivity contribution >= 4 is 21.6 Å². The maximum Gasteiger partial charge on any atom is 0.243 e. The van der Waals surface area contributed by atoms with Gasteiger partial charge in [0.2, 0.25) is 15.9 Å². The Kier molecular flexibility index (Phi) is 6.05. The van der Waals surface area contributed by atoms with Crippen LogP contribution in [0.5, 0.6) is 5.75 Å². The summed E-state index contributed by atoms with van der Waals surface area (Å²) in [7, 11) is -2.02. The molecule has 1 aliphatic heterocycles. The Morgan fingerprint density at radius 3 is 2.29 bits per heavy atom. The number of benzene rings is 2. The summed E-state index contributed by atoms with van der Waals surface area (Å²) >= 11 is 0. The highest BCUT2D eigenvalue weighted by Crippen LogP contribution is 2.27. The van der Waals surface area contributed by atoms with Crippen LogP contribution in [-0.4, -0.2) is 38.8 Å². The molecule has 0 atom stereocenters. The van der Waals surface area contributed by atoms with Gasteiger partial charge in [-0.2, -0.15) is 4.31 Å². The summed E-state index contributed by atoms with van der Waals surface area (Å²) in [6.45, 7) is 4.48. The maximum absolute atomic E-state index is 12.9. The van der Waals surface area contributed by atoms with E-state index in [0.717, 1.165) is 16.8 Å². The molecule has 0 spiro atoms. The maximum atomic E-state index is 12.9. The van der Waals surface area contributed by atoms with Gasteiger partial charge < -0.3 is 10.1 Å². The topological polar surface area (TPSA) is 75.7 Å². The summed E-state index contributed by atoms with van der Waals surface area (Å²) in [5, 5.41) is 2.92. The van der Waals surface area contributed by atoms with Crippen LogP contribution >= 0.6 is 0 Å². The molecule has 7 heteroatoms. The molecule has 1 amide bonds. The molecule has 0 bridgehead atoms. The van der Waals surface area contributed by atoms with Crippen LogP contribution < -0.4 is 10.1 Å². The Hall–Kier alpha value is -2.38. The van der Waals surface area contributed by atoms with E-state index in [9.17, 15) is 13.2 Å². The third kappa shape index (κ3) is 4.36. The highest BCUT2D eigenvalue weighted by atomic mass is 32.2. The Balaban J connectivity index is 1.63. The molecule has 0 unspecified atom stereocenters. The van der Waals surface area contributed by atoms with Crippen LogP contribution in [0.4, 0.5) is 5.69 Å². The Bertz CT molecular complexity index is 947. The molecular weight excluding hydrogens is 376 g/mol. The monoisotopic (exact) mass is 402 g/mol. The molecule has 0 radical (unpaired) electrons. The number of ether oxygens (including phenoxy) is 1. The van der Waals surface area contributed by atoms with Gasteiger partial charge in [-0.25, -0.2) is 8.42 Å². The van der Waals surface area contributed by atoms with Gasteiger partial charge in [-0.1, -0.05) is 17.7 Å². The Morgan fingerprint density at radius 2 is 1.71 bits per heavy atom. The minimum Gasteiger partial charge on any atom is -0.496 e. The number of hydrogen-bond acceptors (Lipinski definition) is 4. The van der Waals surface area contributed by atoms with Crippen molar-refractivity contribution in [3.05, 3.63) is 53.6 Å². The molecule has 3 rings (SSSR count). The predicted molar refractivity (Wildman–Crippen MR) is 109 cm³/mol. The second-order valence-corrected chi connectivity index (χ2v) is 9.10. The normalized spacial score (nSPS) is 16.0. The average molecular weight is 403 g/mol. The van der Waals surface area contributed by atoms with Crippen molar-refractivity contribution in [2.45, 2.75) is 31.6 Å². The molecule has 1 fully saturated rings. The number of nitrogens with zero attached hydrogens (tertiary/aromatic N) is 1. The van der Waals surface area contributed by atoms with Gasteiger partial charge in [0.05, 0.1) is 12.0 Å². The van der Waals surface area contributed by atoms with Gasteiger partial charge in [0.25, 0.3) is 0 Å². The van der Waals surface area contributed by atoms with Crippen LogP contribution in [0.15, 0.2) is 47.4 Å². The second kappa shape index (κ2) is 8.32. The number of hydrogen-bond donors (Lipinski definition) is 1. The Labute approximate surface area is 166 Å². The van der Waals surface area contributed by atoms with E-state index in [2.05, 4.69) is 5.32 Å². The predicted octanol–water partition coefficient (Wildman–Crippen LogP) is 3.35. The van der Waals surface area contributed by atoms with Crippen LogP contribution in [0.1, 0.15) is 24.0 Å². The van der Waals surface area contributed by atoms with Crippen molar-refractivity contribution in [2.75, 3.05) is 25.5 Å². The van der Waals surface area contributed by atoms with Crippen molar-refractivity contribution in [3.63, 3.8) is 0 Å². The molecule has 0 aliphatic carbocycles. The van der Waals surface area contributed by atoms with E-state index in [4.69, 9.17) is 4.74 Å². The van der Waals surface area contributed by atoms with Crippen molar-refractivity contribution in [2.24, 2.45) is 5.92 Å². The molecule has 150 valence electrons. The van der Waals surface area contributed by atoms with E-state index in [1.807, 2.05) is 38.1 Å². The van der Waals surface area contributed by atoms with E-state index < -0.39 is 10.0 Å². The number of anilines is 1. The van der Waals surface area contributed by atoms with Gasteiger partial charge in [-0.15, -0.1) is 0 Å². The molecule has 6 nitrogen and oxygen atoms in total. The van der Waals surface area contributed by atoms with Crippen LogP contribution in [0.2, 0.25) is 0 Å². The minimum absolute atomic E-state index is 0.0545. The fraction of sp³-hybridized carbons (Fsp3) is 0.381. The summed E-state index contributed by atoms with van der Waals surface area (Å²) < 4.78 is 32.5. The first-order valence-corrected chi connectivity index (χ1v) is 10.8. The van der Waals surface area contributed by atoms with Crippen LogP contribution in [0.25, 0.3) is 0 Å². The van der Waals surface area contributed by atoms with Gasteiger partial charge in [-0.05, 0) is 62.6 Å². The number of rotatable bonds is 5. The molecule has 1 aliphatic rings. The van der Waals surface area contributed by atoms with Gasteiger partial charge in [0.15, 0.2) is 0 Å². The number of sulfonamides is 1. The first-order valence-electron chi connectivity index (χ1n) is 9.33. The van der Waals surface area contributed by atoms with Gasteiger partial charge in [-0.3, -0.25) is 4.79 Å². The van der Waals surface area contributed by atoms with Crippen molar-refractivity contribution in [1.29, 1.82) is 0 Å². The summed E-state index contributed by atoms with van der Waals surface area (Å²) in [6, 6.07) is 12.5. The molecule has 1 saturated heterocycles. The second-order valence-electron chi connectivity index (χ2n) is 7.17. The van der Waals surface area contributed by atoms with E-state index in [-0.39, 0.29) is 16.7 Å². The number of carbonyl (C=O) groups is 1. The van der Waals surface area contributed by atoms with Gasteiger partial charge in [0.1, 0.15) is 5.75 Å². The van der Waals surface area contributed by atoms with E-state index in [1.165, 1.54) is 4.31 Å². The summed E-state index contributed by atoms with van der Waals surface area (Å²) in [6.07, 6.45) is 1.01. The zero-order valence-corrected chi connectivity index (χ0v) is 17.3. The molecule has 1 N–H and O–H groups in total. The Morgan fingerprint density at radius 1 is 1.07 bits per heavy atom. The lowest BCUT2D eigenvalue weighted by atomic mass is 9.97. The first kappa shape index (κ1) is 20.4. The quantitative estimate of drug-likeness (QED) is 0.832. The highest BCUT2D eigenvalue weighted by molar-refractivity contribution is 7.89. The van der Waals surface area contributed by atoms with Crippen molar-refractivity contribution in [1.82, 2.24) is 4.31 Å². The highest BCUT2D eigenvalue weighted by Gasteiger charge is 2.32. The van der Waals surface area contributed by atoms with Crippen LogP contribution in [0, 0.1) is 19.8 Å². The van der Waals surface area contributed by atoms with Crippen molar-refractivity contribution < 1.29 is 17.9 Å². The fourth-order valence-electron chi connectivity index (χ4n) is 3.40. The summed E-state index contributed by atoms with van der Waals surface area (Å²) in [5.74, 6) is 0.414. The third-order valence-electron chi connectivity index (χ3n) is 5.15. The van der Waals surface area contributed by atoms with Crippen LogP contribution in [0.3, 0.4) is 0 Å². The lowest BCUT2D eigenvalue weighted by molar-refractivity contribution is -0.120. The number of amides is 1. The zero-order valence-electron chi connectivity index (χ0n) is 16.4. The molecule has 1 heterocycles. The van der Waals surface area contributed by atoms with Crippen LogP contribution in [-0.2, 0) is 14.8 Å². The minimum atomic E-state index is -3.58. The summed E-state index contributed by atoms with van der Waals surface area (Å²) in [5.41, 5.74) is 2.67. The smallest absolute Gasteiger partial charge is 0.243 e. The largest absolute Gasteiger partial charge is 0.496 e. The molecular formula is C21H26N2O4S. The average Bonchev–Trinajstić information content (AvgIpc) is 2.69. The number of piperidine rings is 1. The SMILES string of the molecule is COc1ccc(S(=O)(=O)N2CCC(C(=O)Nc3ccc(C)cc3)CC2)cc1C. The van der Waals surface area contributed by atoms with Gasteiger partial charge in [0, 0.05) is 24.7 Å². The molecule has 0 saturated carbocycles. The lowest BCUT2D eigenvalue weighted by Gasteiger charge is -2.30. The molecule has 28 heavy (non-hydrogen) atoms. The zero-order chi connectivity index (χ0) is 20.3. The molecule has 2 aromatic carbocycles. The first-order chi connectivity index (χ1) is 13.3. The number of aryl methyl sites for hydroxylation is 2. The molecule has 0 aromatic heterocycles. The number of nitrogens with one attached hydrogen (secondary N) is 1. The van der Waals surface area contributed by atoms with Crippen molar-refractivity contribution in [3.8, 4) is 5.75 Å². The van der Waals surface area contributed by atoms with E-state index >= 15 is 0 Å². The number of carbonyl (C=O) groups excluding carboxylic acids is 1. The number of methoxy groups -OCH3 is 1.